The Kier molecular flexibility index (Phi) is 3.04. The molecule has 7 heteroatoms. The van der Waals surface area contributed by atoms with E-state index in [1.54, 1.807) is 30.3 Å². The molecule has 2 N–H and O–H groups in total. The summed E-state index contributed by atoms with van der Waals surface area (Å²) in [5.41, 5.74) is 0.604. The van der Waals surface area contributed by atoms with Crippen molar-refractivity contribution in [1.29, 1.82) is 0 Å². The monoisotopic (exact) mass is 324 g/mol. The summed E-state index contributed by atoms with van der Waals surface area (Å²) in [4.78, 5) is 11.7. The van der Waals surface area contributed by atoms with Crippen LogP contribution in [0.3, 0.4) is 0 Å². The third-order valence-corrected chi connectivity index (χ3v) is 2.87. The predicted octanol–water partition coefficient (Wildman–Crippen LogP) is 3.41. The summed E-state index contributed by atoms with van der Waals surface area (Å²) in [5, 5.41) is 5.23. The van der Waals surface area contributed by atoms with Crippen LogP contribution in [0.1, 0.15) is 0 Å². The Bertz CT molecular complexity index is 626. The van der Waals surface area contributed by atoms with Gasteiger partial charge in [0.1, 0.15) is 0 Å². The molecule has 2 heterocycles. The zero-order valence-electron chi connectivity index (χ0n) is 9.60. The lowest BCUT2D eigenvalue weighted by Crippen LogP contribution is -2.18. The maximum absolute atomic E-state index is 11.7. The van der Waals surface area contributed by atoms with E-state index in [1.807, 2.05) is 0 Å². The number of carbonyl (C=O) groups excluding carboxylic acids is 1. The average Bonchev–Trinajstić information content (AvgIpc) is 2.97. The van der Waals surface area contributed by atoms with Crippen LogP contribution in [0, 0.1) is 0 Å². The van der Waals surface area contributed by atoms with Gasteiger partial charge in [0.15, 0.2) is 16.2 Å². The highest BCUT2D eigenvalue weighted by molar-refractivity contribution is 9.10. The number of nitrogens with one attached hydrogen (secondary N) is 2. The molecule has 0 spiro atoms. The second-order valence-electron chi connectivity index (χ2n) is 3.75. The average molecular weight is 325 g/mol. The molecule has 1 aromatic carbocycles. The first-order valence-corrected chi connectivity index (χ1v) is 6.23. The van der Waals surface area contributed by atoms with Gasteiger partial charge >= 0.3 is 6.03 Å². The first kappa shape index (κ1) is 11.9. The van der Waals surface area contributed by atoms with Crippen molar-refractivity contribution in [3.05, 3.63) is 35.0 Å². The number of benzene rings is 1. The number of furan rings is 1. The van der Waals surface area contributed by atoms with Gasteiger partial charge in [-0.05, 0) is 34.1 Å². The fourth-order valence-corrected chi connectivity index (χ4v) is 1.94. The summed E-state index contributed by atoms with van der Waals surface area (Å²) in [6, 6.07) is 8.09. The van der Waals surface area contributed by atoms with E-state index < -0.39 is 6.03 Å². The fraction of sp³-hybridized carbons (Fsp3) is 0.0833. The molecule has 0 fully saturated rings. The van der Waals surface area contributed by atoms with Crippen molar-refractivity contribution in [2.24, 2.45) is 0 Å². The fourth-order valence-electron chi connectivity index (χ4n) is 1.63. The van der Waals surface area contributed by atoms with Gasteiger partial charge in [-0.2, -0.15) is 0 Å². The topological polar surface area (TPSA) is 72.7 Å². The molecule has 98 valence electrons. The molecule has 19 heavy (non-hydrogen) atoms. The summed E-state index contributed by atoms with van der Waals surface area (Å²) in [6.07, 6.45) is 0. The molecule has 1 aromatic heterocycles. The van der Waals surface area contributed by atoms with E-state index in [4.69, 9.17) is 13.9 Å². The lowest BCUT2D eigenvalue weighted by Gasteiger charge is -2.06. The van der Waals surface area contributed by atoms with Gasteiger partial charge in [0.05, 0.1) is 0 Å². The molecule has 6 nitrogen and oxygen atoms in total. The Morgan fingerprint density at radius 2 is 1.95 bits per heavy atom. The molecule has 0 aliphatic carbocycles. The van der Waals surface area contributed by atoms with Gasteiger partial charge in [-0.15, -0.1) is 0 Å². The minimum Gasteiger partial charge on any atom is -0.454 e. The van der Waals surface area contributed by atoms with Crippen LogP contribution in [0.2, 0.25) is 0 Å². The summed E-state index contributed by atoms with van der Waals surface area (Å²) in [7, 11) is 0. The Morgan fingerprint density at radius 1 is 1.11 bits per heavy atom. The summed E-state index contributed by atoms with van der Waals surface area (Å²) in [5.74, 6) is 1.63. The van der Waals surface area contributed by atoms with Gasteiger partial charge in [0, 0.05) is 17.8 Å². The van der Waals surface area contributed by atoms with Crippen molar-refractivity contribution < 1.29 is 18.7 Å². The molecule has 0 bridgehead atoms. The van der Waals surface area contributed by atoms with Crippen LogP contribution in [-0.4, -0.2) is 12.8 Å². The molecular formula is C12H9BrN2O4. The molecule has 0 atom stereocenters. The van der Waals surface area contributed by atoms with Crippen molar-refractivity contribution >= 4 is 33.5 Å². The van der Waals surface area contributed by atoms with Gasteiger partial charge < -0.3 is 19.2 Å². The highest BCUT2D eigenvalue weighted by atomic mass is 79.9. The van der Waals surface area contributed by atoms with E-state index in [9.17, 15) is 4.79 Å². The van der Waals surface area contributed by atoms with E-state index >= 15 is 0 Å². The zero-order chi connectivity index (χ0) is 13.2. The smallest absolute Gasteiger partial charge is 0.326 e. The van der Waals surface area contributed by atoms with Crippen LogP contribution in [0.15, 0.2) is 39.4 Å². The highest BCUT2D eigenvalue weighted by Gasteiger charge is 2.14. The predicted molar refractivity (Wildman–Crippen MR) is 71.6 cm³/mol. The number of carbonyl (C=O) groups is 1. The van der Waals surface area contributed by atoms with Crippen molar-refractivity contribution in [3.8, 4) is 11.5 Å². The van der Waals surface area contributed by atoms with Gasteiger partial charge in [0.25, 0.3) is 0 Å². The van der Waals surface area contributed by atoms with E-state index in [-0.39, 0.29) is 6.79 Å². The van der Waals surface area contributed by atoms with Crippen LogP contribution in [0.5, 0.6) is 11.5 Å². The summed E-state index contributed by atoms with van der Waals surface area (Å²) >= 11 is 3.15. The first-order chi connectivity index (χ1) is 9.20. The minimum absolute atomic E-state index is 0.200. The Hall–Kier alpha value is -2.15. The van der Waals surface area contributed by atoms with Crippen molar-refractivity contribution in [1.82, 2.24) is 0 Å². The van der Waals surface area contributed by atoms with Crippen molar-refractivity contribution in [2.45, 2.75) is 0 Å². The number of halogens is 1. The molecule has 0 radical (unpaired) electrons. The number of hydrogen-bond acceptors (Lipinski definition) is 4. The van der Waals surface area contributed by atoms with E-state index in [2.05, 4.69) is 26.6 Å². The molecule has 2 aromatic rings. The first-order valence-electron chi connectivity index (χ1n) is 5.44. The Morgan fingerprint density at radius 3 is 2.74 bits per heavy atom. The summed E-state index contributed by atoms with van der Waals surface area (Å²) < 4.78 is 16.1. The second-order valence-corrected chi connectivity index (χ2v) is 4.53. The van der Waals surface area contributed by atoms with Gasteiger partial charge in [-0.3, -0.25) is 5.32 Å². The maximum Gasteiger partial charge on any atom is 0.326 e. The SMILES string of the molecule is O=C(Nc1ccc2c(c1)OCO2)Nc1ccc(Br)o1. The molecular weight excluding hydrogens is 316 g/mol. The third kappa shape index (κ3) is 2.65. The second kappa shape index (κ2) is 4.85. The zero-order valence-corrected chi connectivity index (χ0v) is 11.2. The molecule has 2 amide bonds. The standard InChI is InChI=1S/C12H9BrN2O4/c13-10-3-4-11(19-10)15-12(16)14-7-1-2-8-9(5-7)18-6-17-8/h1-5H,6H2,(H2,14,15,16). The lowest BCUT2D eigenvalue weighted by molar-refractivity contribution is 0.174. The van der Waals surface area contributed by atoms with Gasteiger partial charge in [-0.1, -0.05) is 0 Å². The molecule has 1 aliphatic heterocycles. The largest absolute Gasteiger partial charge is 0.454 e. The maximum atomic E-state index is 11.7. The number of ether oxygens (including phenoxy) is 2. The molecule has 0 saturated heterocycles. The summed E-state index contributed by atoms with van der Waals surface area (Å²) in [6.45, 7) is 0.200. The minimum atomic E-state index is -0.402. The number of anilines is 2. The van der Waals surface area contributed by atoms with E-state index in [1.165, 1.54) is 0 Å². The van der Waals surface area contributed by atoms with Crippen molar-refractivity contribution in [2.75, 3.05) is 17.4 Å². The lowest BCUT2D eigenvalue weighted by atomic mass is 10.3. The number of hydrogen-bond donors (Lipinski definition) is 2. The quantitative estimate of drug-likeness (QED) is 0.887. The van der Waals surface area contributed by atoms with Crippen LogP contribution in [0.25, 0.3) is 0 Å². The van der Waals surface area contributed by atoms with Crippen molar-refractivity contribution in [3.63, 3.8) is 0 Å². The third-order valence-electron chi connectivity index (χ3n) is 2.44. The van der Waals surface area contributed by atoms with Gasteiger partial charge in [-0.25, -0.2) is 4.79 Å². The molecule has 0 saturated carbocycles. The molecule has 1 aliphatic rings. The van der Waals surface area contributed by atoms with E-state index in [0.29, 0.717) is 27.7 Å². The normalized spacial score (nSPS) is 12.3. The number of fused-ring (bicyclic) bond motifs is 1. The highest BCUT2D eigenvalue weighted by Crippen LogP contribution is 2.34. The molecule has 3 rings (SSSR count). The number of urea groups is 1. The van der Waals surface area contributed by atoms with Crippen LogP contribution < -0.4 is 20.1 Å². The van der Waals surface area contributed by atoms with Crippen LogP contribution in [0.4, 0.5) is 16.4 Å². The Balaban J connectivity index is 1.66. The Labute approximate surface area is 116 Å². The number of amides is 2. The van der Waals surface area contributed by atoms with Crippen LogP contribution >= 0.6 is 15.9 Å². The molecule has 0 unspecified atom stereocenters. The van der Waals surface area contributed by atoms with Gasteiger partial charge in [0.2, 0.25) is 12.7 Å². The van der Waals surface area contributed by atoms with Crippen LogP contribution in [-0.2, 0) is 0 Å². The number of rotatable bonds is 2. The van der Waals surface area contributed by atoms with E-state index in [0.717, 1.165) is 0 Å².